The molecule has 2 aliphatic rings. The molecule has 3 heterocycles. The maximum atomic E-state index is 12.0. The fourth-order valence-corrected chi connectivity index (χ4v) is 4.74. The third-order valence-corrected chi connectivity index (χ3v) is 6.83. The molecular weight excluding hydrogens is 446 g/mol. The van der Waals surface area contributed by atoms with Crippen LogP contribution >= 0.6 is 0 Å². The van der Waals surface area contributed by atoms with E-state index in [2.05, 4.69) is 27.4 Å². The van der Waals surface area contributed by atoms with E-state index in [0.717, 1.165) is 56.6 Å². The van der Waals surface area contributed by atoms with Crippen LogP contribution < -0.4 is 10.2 Å². The lowest BCUT2D eigenvalue weighted by Gasteiger charge is -2.43. The average molecular weight is 484 g/mol. The van der Waals surface area contributed by atoms with Crippen LogP contribution in [0.25, 0.3) is 0 Å². The van der Waals surface area contributed by atoms with Gasteiger partial charge in [-0.15, -0.1) is 5.06 Å². The number of fused-ring (bicyclic) bond motifs is 1. The lowest BCUT2D eigenvalue weighted by atomic mass is 9.76. The summed E-state index contributed by atoms with van der Waals surface area (Å²) < 4.78 is 0. The molecule has 1 atom stereocenters. The molecule has 9 nitrogen and oxygen atoms in total. The first kappa shape index (κ1) is 25.3. The number of aryl methyl sites for hydroxylation is 2. The molecule has 1 saturated carbocycles. The van der Waals surface area contributed by atoms with Crippen LogP contribution in [-0.2, 0) is 23.1 Å². The number of aliphatic carboxylic acids is 1. The van der Waals surface area contributed by atoms with Gasteiger partial charge in [0.05, 0.1) is 0 Å². The van der Waals surface area contributed by atoms with Crippen LogP contribution in [0.3, 0.4) is 0 Å². The molecule has 190 valence electrons. The molecule has 2 aromatic heterocycles. The standard InChI is InChI=1S/C26H37N5O4/c1-26(2,3)25-28-13-10-22(30-25)35-31(21(11-14-32)24(33)34)20-15-17(16-20)6-8-19-9-7-18-5-4-12-27-23(18)29-19/h7,9-10,13,17,20-21,32H,4-6,8,11-12,14-16H2,1-3H3,(H,27,29)(H,33,34)/t17?,20?,21-/m0/s1. The van der Waals surface area contributed by atoms with Crippen molar-refractivity contribution >= 4 is 11.8 Å². The third kappa shape index (κ3) is 6.27. The minimum Gasteiger partial charge on any atom is -0.480 e. The van der Waals surface area contributed by atoms with Crippen molar-refractivity contribution in [1.29, 1.82) is 0 Å². The van der Waals surface area contributed by atoms with Crippen molar-refractivity contribution in [3.05, 3.63) is 41.5 Å². The highest BCUT2D eigenvalue weighted by atomic mass is 16.7. The topological polar surface area (TPSA) is 121 Å². The molecule has 3 N–H and O–H groups in total. The summed E-state index contributed by atoms with van der Waals surface area (Å²) in [6, 6.07) is 4.95. The molecule has 1 aliphatic heterocycles. The zero-order valence-electron chi connectivity index (χ0n) is 20.9. The molecule has 0 radical (unpaired) electrons. The van der Waals surface area contributed by atoms with Crippen LogP contribution in [-0.4, -0.2) is 61.4 Å². The maximum absolute atomic E-state index is 12.0. The Balaban J connectivity index is 1.40. The Hall–Kier alpha value is -2.78. The van der Waals surface area contributed by atoms with Crippen molar-refractivity contribution in [2.45, 2.75) is 83.2 Å². The summed E-state index contributed by atoms with van der Waals surface area (Å²) in [4.78, 5) is 31.7. The van der Waals surface area contributed by atoms with Crippen LogP contribution in [0.1, 0.15) is 70.0 Å². The van der Waals surface area contributed by atoms with Crippen LogP contribution in [0.2, 0.25) is 0 Å². The van der Waals surface area contributed by atoms with E-state index >= 15 is 0 Å². The highest BCUT2D eigenvalue weighted by Gasteiger charge is 2.41. The number of nitrogens with zero attached hydrogens (tertiary/aromatic N) is 4. The van der Waals surface area contributed by atoms with Gasteiger partial charge < -0.3 is 20.4 Å². The second-order valence-electron chi connectivity index (χ2n) is 10.7. The zero-order chi connectivity index (χ0) is 25.0. The van der Waals surface area contributed by atoms with Crippen molar-refractivity contribution in [3.8, 4) is 5.88 Å². The number of aliphatic hydroxyl groups is 1. The van der Waals surface area contributed by atoms with Crippen LogP contribution in [0.15, 0.2) is 24.4 Å². The van der Waals surface area contributed by atoms with Gasteiger partial charge in [0.2, 0.25) is 5.88 Å². The van der Waals surface area contributed by atoms with Crippen molar-refractivity contribution in [1.82, 2.24) is 20.0 Å². The highest BCUT2D eigenvalue weighted by molar-refractivity contribution is 5.73. The first-order chi connectivity index (χ1) is 16.7. The molecular formula is C26H37N5O4. The molecule has 0 bridgehead atoms. The van der Waals surface area contributed by atoms with E-state index in [1.54, 1.807) is 12.3 Å². The van der Waals surface area contributed by atoms with E-state index in [1.165, 1.54) is 10.6 Å². The Labute approximate surface area is 206 Å². The molecule has 1 fully saturated rings. The maximum Gasteiger partial charge on any atom is 0.324 e. The van der Waals surface area contributed by atoms with Crippen LogP contribution in [0, 0.1) is 5.92 Å². The first-order valence-corrected chi connectivity index (χ1v) is 12.6. The van der Waals surface area contributed by atoms with Gasteiger partial charge in [-0.05, 0) is 62.5 Å². The van der Waals surface area contributed by atoms with E-state index in [-0.39, 0.29) is 24.5 Å². The number of aliphatic hydroxyl groups excluding tert-OH is 1. The number of hydroxylamine groups is 2. The summed E-state index contributed by atoms with van der Waals surface area (Å²) in [5.74, 6) is 1.42. The Bertz CT molecular complexity index is 1020. The Kier molecular flexibility index (Phi) is 7.86. The van der Waals surface area contributed by atoms with E-state index in [4.69, 9.17) is 9.82 Å². The molecule has 4 rings (SSSR count). The predicted molar refractivity (Wildman–Crippen MR) is 132 cm³/mol. The number of hydrogen-bond donors (Lipinski definition) is 3. The Morgan fingerprint density at radius 3 is 2.77 bits per heavy atom. The van der Waals surface area contributed by atoms with Gasteiger partial charge in [-0.3, -0.25) is 4.79 Å². The quantitative estimate of drug-likeness (QED) is 0.437. The number of anilines is 1. The number of rotatable bonds is 10. The molecule has 0 aromatic carbocycles. The Morgan fingerprint density at radius 2 is 2.06 bits per heavy atom. The lowest BCUT2D eigenvalue weighted by molar-refractivity contribution is -0.188. The number of aromatic nitrogens is 3. The van der Waals surface area contributed by atoms with Crippen molar-refractivity contribution in [2.24, 2.45) is 5.92 Å². The number of pyridine rings is 1. The fourth-order valence-electron chi connectivity index (χ4n) is 4.74. The monoisotopic (exact) mass is 483 g/mol. The number of carbonyl (C=O) groups is 1. The minimum absolute atomic E-state index is 0.0566. The van der Waals surface area contributed by atoms with Gasteiger partial charge in [-0.2, -0.15) is 4.98 Å². The number of carboxylic acids is 1. The van der Waals surface area contributed by atoms with Crippen LogP contribution in [0.5, 0.6) is 5.88 Å². The fraction of sp³-hybridized carbons (Fsp3) is 0.615. The van der Waals surface area contributed by atoms with Crippen molar-refractivity contribution in [2.75, 3.05) is 18.5 Å². The summed E-state index contributed by atoms with van der Waals surface area (Å²) in [6.07, 6.45) is 7.49. The van der Waals surface area contributed by atoms with Gasteiger partial charge >= 0.3 is 5.97 Å². The average Bonchev–Trinajstić information content (AvgIpc) is 2.80. The molecule has 0 saturated heterocycles. The zero-order valence-corrected chi connectivity index (χ0v) is 20.9. The lowest BCUT2D eigenvalue weighted by Crippen LogP contribution is -2.54. The second kappa shape index (κ2) is 10.9. The van der Waals surface area contributed by atoms with Gasteiger partial charge in [0.25, 0.3) is 0 Å². The normalized spacial score (nSPS) is 20.5. The smallest absolute Gasteiger partial charge is 0.324 e. The van der Waals surface area contributed by atoms with Gasteiger partial charge in [0.1, 0.15) is 17.7 Å². The summed E-state index contributed by atoms with van der Waals surface area (Å²) in [5.41, 5.74) is 2.12. The molecule has 0 amide bonds. The van der Waals surface area contributed by atoms with E-state index in [9.17, 15) is 15.0 Å². The largest absolute Gasteiger partial charge is 0.480 e. The van der Waals surface area contributed by atoms with Crippen molar-refractivity contribution < 1.29 is 19.8 Å². The first-order valence-electron chi connectivity index (χ1n) is 12.6. The highest BCUT2D eigenvalue weighted by Crippen LogP contribution is 2.37. The summed E-state index contributed by atoms with van der Waals surface area (Å²) in [6.45, 7) is 6.78. The SMILES string of the molecule is CC(C)(C)c1nccc(ON(C2CC(CCc3ccc4c(n3)NCCC4)C2)[C@@H](CCO)C(=O)O)n1. The van der Waals surface area contributed by atoms with Gasteiger partial charge in [-0.1, -0.05) is 26.8 Å². The number of nitrogens with one attached hydrogen (secondary N) is 1. The van der Waals surface area contributed by atoms with E-state index in [0.29, 0.717) is 17.6 Å². The van der Waals surface area contributed by atoms with Gasteiger partial charge in [0, 0.05) is 42.6 Å². The minimum atomic E-state index is -1.02. The predicted octanol–water partition coefficient (Wildman–Crippen LogP) is 3.37. The molecule has 2 aromatic rings. The Morgan fingerprint density at radius 1 is 1.26 bits per heavy atom. The van der Waals surface area contributed by atoms with E-state index in [1.807, 2.05) is 20.8 Å². The second-order valence-corrected chi connectivity index (χ2v) is 10.7. The molecule has 0 spiro atoms. The van der Waals surface area contributed by atoms with Gasteiger partial charge in [-0.25, -0.2) is 9.97 Å². The van der Waals surface area contributed by atoms with Crippen LogP contribution in [0.4, 0.5) is 5.82 Å². The van der Waals surface area contributed by atoms with E-state index < -0.39 is 12.0 Å². The third-order valence-electron chi connectivity index (χ3n) is 6.83. The summed E-state index contributed by atoms with van der Waals surface area (Å²) in [5, 5.41) is 24.3. The summed E-state index contributed by atoms with van der Waals surface area (Å²) >= 11 is 0. The van der Waals surface area contributed by atoms with Gasteiger partial charge in [0.15, 0.2) is 0 Å². The number of hydrogen-bond acceptors (Lipinski definition) is 8. The number of carboxylic acid groups (broad SMARTS) is 1. The molecule has 9 heteroatoms. The summed E-state index contributed by atoms with van der Waals surface area (Å²) in [7, 11) is 0. The molecule has 1 aliphatic carbocycles. The molecule has 0 unspecified atom stereocenters. The van der Waals surface area contributed by atoms with Crippen molar-refractivity contribution in [3.63, 3.8) is 0 Å². The molecule has 35 heavy (non-hydrogen) atoms.